The number of nitrogens with two attached hydrogens (primary N) is 2. The van der Waals surface area contributed by atoms with Crippen LogP contribution in [0.1, 0.15) is 46.5 Å². The van der Waals surface area contributed by atoms with Gasteiger partial charge in [-0.1, -0.05) is 24.3 Å². The maximum absolute atomic E-state index is 13.6. The van der Waals surface area contributed by atoms with Gasteiger partial charge in [-0.15, -0.1) is 0 Å². The van der Waals surface area contributed by atoms with Gasteiger partial charge in [0.25, 0.3) is 11.8 Å². The van der Waals surface area contributed by atoms with Crippen molar-refractivity contribution in [1.29, 1.82) is 5.41 Å². The van der Waals surface area contributed by atoms with Crippen molar-refractivity contribution in [3.8, 4) is 5.75 Å². The van der Waals surface area contributed by atoms with Crippen LogP contribution < -0.4 is 21.5 Å². The fraction of sp³-hybridized carbons (Fsp3) is 0.320. The number of rotatable bonds is 11. The number of carbonyl (C=O) groups is 4. The second-order valence-corrected chi connectivity index (χ2v) is 8.27. The van der Waals surface area contributed by atoms with Crippen LogP contribution in [0.25, 0.3) is 0 Å². The number of nitrogen functional groups attached to an aromatic ring is 1. The average molecular weight is 512 g/mol. The van der Waals surface area contributed by atoms with E-state index >= 15 is 0 Å². The Bertz CT molecular complexity index is 1260. The molecule has 2 aromatic rings. The zero-order valence-corrected chi connectivity index (χ0v) is 20.8. The lowest BCUT2D eigenvalue weighted by molar-refractivity contribution is -0.272. The monoisotopic (exact) mass is 511 g/mol. The molecule has 1 atom stereocenters. The van der Waals surface area contributed by atoms with Crippen molar-refractivity contribution in [3.05, 3.63) is 64.2 Å². The number of carbonyl (C=O) groups excluding carboxylic acids is 4. The summed E-state index contributed by atoms with van der Waals surface area (Å²) < 4.78 is 16.5. The molecule has 12 heteroatoms. The molecule has 3 amide bonds. The molecule has 0 saturated carbocycles. The van der Waals surface area contributed by atoms with E-state index in [4.69, 9.17) is 31.1 Å². The molecule has 0 saturated heterocycles. The minimum absolute atomic E-state index is 0.0121. The molecule has 0 aromatic heterocycles. The number of aryl methyl sites for hydroxylation is 1. The maximum atomic E-state index is 13.6. The van der Waals surface area contributed by atoms with Crippen molar-refractivity contribution < 1.29 is 33.4 Å². The van der Waals surface area contributed by atoms with E-state index in [1.165, 1.54) is 12.1 Å². The van der Waals surface area contributed by atoms with Gasteiger partial charge in [0.1, 0.15) is 11.6 Å². The van der Waals surface area contributed by atoms with E-state index in [2.05, 4.69) is 5.32 Å². The summed E-state index contributed by atoms with van der Waals surface area (Å²) in [6.07, 6.45) is 0. The molecule has 6 N–H and O–H groups in total. The number of nitrogens with one attached hydrogen (secondary N) is 2. The van der Waals surface area contributed by atoms with Crippen LogP contribution in [0.2, 0.25) is 0 Å². The summed E-state index contributed by atoms with van der Waals surface area (Å²) in [5, 5.41) is 10.3. The normalized spacial score (nSPS) is 13.9. The summed E-state index contributed by atoms with van der Waals surface area (Å²) in [4.78, 5) is 51.3. The van der Waals surface area contributed by atoms with Crippen LogP contribution in [0.5, 0.6) is 5.75 Å². The Hall–Kier alpha value is -4.45. The Labute approximate surface area is 213 Å². The van der Waals surface area contributed by atoms with Crippen molar-refractivity contribution in [2.45, 2.75) is 39.8 Å². The van der Waals surface area contributed by atoms with Gasteiger partial charge in [0.2, 0.25) is 0 Å². The molecule has 0 spiro atoms. The lowest BCUT2D eigenvalue weighted by Crippen LogP contribution is -2.63. The molecule has 0 unspecified atom stereocenters. The molecule has 2 aromatic carbocycles. The van der Waals surface area contributed by atoms with Gasteiger partial charge >= 0.3 is 17.8 Å². The zero-order chi connectivity index (χ0) is 27.3. The average Bonchev–Trinajstić information content (AvgIpc) is 3.18. The first-order chi connectivity index (χ1) is 17.5. The number of amidine groups is 1. The number of fused-ring (bicyclic) bond motifs is 1. The van der Waals surface area contributed by atoms with Crippen molar-refractivity contribution in [2.75, 3.05) is 13.2 Å². The summed E-state index contributed by atoms with van der Waals surface area (Å²) >= 11 is 0. The molecular weight excluding hydrogens is 482 g/mol. The van der Waals surface area contributed by atoms with Gasteiger partial charge in [-0.05, 0) is 37.1 Å². The number of nitrogens with zero attached hydrogens (tertiary/aromatic N) is 1. The smallest absolute Gasteiger partial charge is 0.383 e. The highest BCUT2D eigenvalue weighted by molar-refractivity contribution is 6.02. The Kier molecular flexibility index (Phi) is 8.13. The third kappa shape index (κ3) is 5.70. The Balaban J connectivity index is 1.94. The number of hydrogen-bond acceptors (Lipinski definition) is 8. The maximum Gasteiger partial charge on any atom is 0.383 e. The first kappa shape index (κ1) is 27.1. The van der Waals surface area contributed by atoms with Crippen LogP contribution in [0.3, 0.4) is 0 Å². The van der Waals surface area contributed by atoms with E-state index < -0.39 is 36.2 Å². The third-order valence-corrected chi connectivity index (χ3v) is 5.65. The van der Waals surface area contributed by atoms with Gasteiger partial charge in [-0.25, -0.2) is 0 Å². The number of ether oxygens (including phenoxy) is 3. The summed E-state index contributed by atoms with van der Waals surface area (Å²) in [6.45, 7) is 3.86. The van der Waals surface area contributed by atoms with Crippen LogP contribution >= 0.6 is 0 Å². The highest BCUT2D eigenvalue weighted by Gasteiger charge is 2.54. The standard InChI is InChI=1S/C25H29N5O7/c1-4-36-25(37-15(3)31,30-12-19-14(2)6-5-7-18(19)23(30)33)24(34)29-11-17-9-8-16(22(27)28)10-20(17)35-13-21(26)32/h5-10H,4,11-13H2,1-3H3,(H2,26,32)(H3,27,28)(H,29,34)/t25-/m0/s1. The van der Waals surface area contributed by atoms with Gasteiger partial charge in [-0.2, -0.15) is 0 Å². The molecule has 1 aliphatic rings. The molecular formula is C25H29N5O7. The van der Waals surface area contributed by atoms with Crippen LogP contribution in [0, 0.1) is 12.3 Å². The molecule has 1 heterocycles. The second kappa shape index (κ2) is 11.1. The van der Waals surface area contributed by atoms with E-state index in [0.717, 1.165) is 17.4 Å². The third-order valence-electron chi connectivity index (χ3n) is 5.65. The van der Waals surface area contributed by atoms with Gasteiger partial charge in [0, 0.05) is 30.2 Å². The number of esters is 1. The second-order valence-electron chi connectivity index (χ2n) is 8.27. The highest BCUT2D eigenvalue weighted by atomic mass is 16.7. The molecule has 1 aliphatic heterocycles. The topological polar surface area (TPSA) is 187 Å². The summed E-state index contributed by atoms with van der Waals surface area (Å²) in [5.74, 6) is -5.44. The summed E-state index contributed by atoms with van der Waals surface area (Å²) in [6, 6.07) is 9.70. The van der Waals surface area contributed by atoms with E-state index in [1.807, 2.05) is 13.0 Å². The van der Waals surface area contributed by atoms with Crippen LogP contribution in [-0.4, -0.2) is 53.6 Å². The minimum Gasteiger partial charge on any atom is -0.483 e. The minimum atomic E-state index is -2.38. The Morgan fingerprint density at radius 3 is 2.51 bits per heavy atom. The van der Waals surface area contributed by atoms with Crippen molar-refractivity contribution in [2.24, 2.45) is 11.5 Å². The molecule has 0 radical (unpaired) electrons. The highest BCUT2D eigenvalue weighted by Crippen LogP contribution is 2.34. The lowest BCUT2D eigenvalue weighted by atomic mass is 10.1. The van der Waals surface area contributed by atoms with E-state index in [9.17, 15) is 19.2 Å². The SMILES string of the molecule is CCO[C@](OC(C)=O)(C(=O)NCc1ccc(C(=N)N)cc1OCC(N)=O)N1Cc2c(C)cccc2C1=O. The number of amides is 3. The van der Waals surface area contributed by atoms with E-state index in [-0.39, 0.29) is 31.3 Å². The predicted molar refractivity (Wildman–Crippen MR) is 131 cm³/mol. The van der Waals surface area contributed by atoms with Crippen molar-refractivity contribution in [1.82, 2.24) is 10.2 Å². The molecule has 37 heavy (non-hydrogen) atoms. The summed E-state index contributed by atoms with van der Waals surface area (Å²) in [7, 11) is 0. The van der Waals surface area contributed by atoms with Gasteiger partial charge < -0.3 is 31.0 Å². The Morgan fingerprint density at radius 2 is 1.92 bits per heavy atom. The largest absolute Gasteiger partial charge is 0.483 e. The van der Waals surface area contributed by atoms with Gasteiger partial charge in [-0.3, -0.25) is 29.5 Å². The van der Waals surface area contributed by atoms with Crippen molar-refractivity contribution >= 4 is 29.5 Å². The zero-order valence-electron chi connectivity index (χ0n) is 20.8. The fourth-order valence-corrected chi connectivity index (χ4v) is 3.95. The number of benzene rings is 2. The molecule has 12 nitrogen and oxygen atoms in total. The van der Waals surface area contributed by atoms with Crippen molar-refractivity contribution in [3.63, 3.8) is 0 Å². The molecule has 196 valence electrons. The quantitative estimate of drug-likeness (QED) is 0.147. The van der Waals surface area contributed by atoms with Crippen LogP contribution in [-0.2, 0) is 36.9 Å². The lowest BCUT2D eigenvalue weighted by Gasteiger charge is -2.37. The predicted octanol–water partition coefficient (Wildman–Crippen LogP) is 0.669. The Morgan fingerprint density at radius 1 is 1.19 bits per heavy atom. The first-order valence-corrected chi connectivity index (χ1v) is 11.4. The molecule has 0 aliphatic carbocycles. The van der Waals surface area contributed by atoms with E-state index in [0.29, 0.717) is 22.3 Å². The van der Waals surface area contributed by atoms with Crippen LogP contribution in [0.4, 0.5) is 0 Å². The van der Waals surface area contributed by atoms with Gasteiger partial charge in [0.15, 0.2) is 6.61 Å². The molecule has 0 bridgehead atoms. The van der Waals surface area contributed by atoms with Gasteiger partial charge in [0.05, 0.1) is 13.2 Å². The first-order valence-electron chi connectivity index (χ1n) is 11.4. The van der Waals surface area contributed by atoms with Crippen LogP contribution in [0.15, 0.2) is 36.4 Å². The fourth-order valence-electron chi connectivity index (χ4n) is 3.95. The molecule has 0 fully saturated rings. The number of hydrogen-bond donors (Lipinski definition) is 4. The molecule has 3 rings (SSSR count). The van der Waals surface area contributed by atoms with E-state index in [1.54, 1.807) is 25.1 Å². The number of primary amides is 1. The summed E-state index contributed by atoms with van der Waals surface area (Å²) in [5.41, 5.74) is 13.4.